The Balaban J connectivity index is 1.86. The molecular formula is C21H24O3S2. The molecule has 0 bridgehead atoms. The van der Waals surface area contributed by atoms with Crippen molar-refractivity contribution in [2.24, 2.45) is 0 Å². The summed E-state index contributed by atoms with van der Waals surface area (Å²) in [5, 5.41) is 0. The van der Waals surface area contributed by atoms with E-state index in [1.807, 2.05) is 13.8 Å². The van der Waals surface area contributed by atoms with Crippen LogP contribution in [-0.2, 0) is 14.3 Å². The van der Waals surface area contributed by atoms with Crippen LogP contribution in [0.4, 0.5) is 0 Å². The van der Waals surface area contributed by atoms with Crippen molar-refractivity contribution in [3.63, 3.8) is 0 Å². The van der Waals surface area contributed by atoms with Gasteiger partial charge in [0.1, 0.15) is 12.2 Å². The van der Waals surface area contributed by atoms with Crippen LogP contribution in [0.25, 0.3) is 0 Å². The maximum absolute atomic E-state index is 11.6. The van der Waals surface area contributed by atoms with E-state index < -0.39 is 11.9 Å². The minimum absolute atomic E-state index is 0.00242. The van der Waals surface area contributed by atoms with Gasteiger partial charge in [0.2, 0.25) is 0 Å². The number of aldehydes is 1. The largest absolute Gasteiger partial charge is 0.342 e. The van der Waals surface area contributed by atoms with Gasteiger partial charge in [-0.3, -0.25) is 0 Å². The fraction of sp³-hybridized carbons (Fsp3) is 0.381. The molecule has 1 heterocycles. The Morgan fingerprint density at radius 2 is 1.35 bits per heavy atom. The van der Waals surface area contributed by atoms with Gasteiger partial charge in [-0.1, -0.05) is 35.4 Å². The van der Waals surface area contributed by atoms with Gasteiger partial charge >= 0.3 is 0 Å². The molecule has 0 radical (unpaired) electrons. The van der Waals surface area contributed by atoms with Crippen LogP contribution < -0.4 is 0 Å². The number of carbonyl (C=O) groups excluding carboxylic acids is 1. The second-order valence-corrected chi connectivity index (χ2v) is 9.66. The predicted octanol–water partition coefficient (Wildman–Crippen LogP) is 5.23. The molecule has 0 saturated carbocycles. The lowest BCUT2D eigenvalue weighted by molar-refractivity contribution is -0.149. The summed E-state index contributed by atoms with van der Waals surface area (Å²) in [7, 11) is 0. The number of rotatable bonds is 6. The molecule has 0 amide bonds. The first-order valence-corrected chi connectivity index (χ1v) is 10.4. The van der Waals surface area contributed by atoms with Gasteiger partial charge in [-0.25, -0.2) is 0 Å². The zero-order chi connectivity index (χ0) is 18.7. The van der Waals surface area contributed by atoms with Crippen molar-refractivity contribution in [3.8, 4) is 0 Å². The van der Waals surface area contributed by atoms with Gasteiger partial charge in [-0.2, -0.15) is 0 Å². The normalized spacial score (nSPS) is 21.9. The highest BCUT2D eigenvalue weighted by Crippen LogP contribution is 2.43. The molecule has 0 N–H and O–H groups in total. The van der Waals surface area contributed by atoms with Gasteiger partial charge in [0.05, 0.1) is 4.58 Å². The number of ether oxygens (including phenoxy) is 2. The second-order valence-electron chi connectivity index (χ2n) is 6.93. The molecule has 1 aliphatic heterocycles. The molecule has 2 aromatic rings. The smallest absolute Gasteiger partial charge is 0.164 e. The summed E-state index contributed by atoms with van der Waals surface area (Å²) in [6, 6.07) is 16.8. The van der Waals surface area contributed by atoms with E-state index in [1.54, 1.807) is 23.5 Å². The van der Waals surface area contributed by atoms with Crippen molar-refractivity contribution < 1.29 is 14.3 Å². The second kappa shape index (κ2) is 8.17. The van der Waals surface area contributed by atoms with E-state index >= 15 is 0 Å². The Hall–Kier alpha value is -1.27. The fourth-order valence-corrected chi connectivity index (χ4v) is 5.46. The zero-order valence-corrected chi connectivity index (χ0v) is 17.1. The van der Waals surface area contributed by atoms with E-state index in [9.17, 15) is 4.79 Å². The molecule has 0 aromatic heterocycles. The quantitative estimate of drug-likeness (QED) is 0.384. The molecule has 1 aliphatic rings. The highest BCUT2D eigenvalue weighted by molar-refractivity contribution is 8.17. The van der Waals surface area contributed by atoms with Crippen molar-refractivity contribution >= 4 is 29.8 Å². The van der Waals surface area contributed by atoms with Crippen molar-refractivity contribution in [1.82, 2.24) is 0 Å². The molecule has 138 valence electrons. The molecule has 2 atom stereocenters. The van der Waals surface area contributed by atoms with Gasteiger partial charge in [0, 0.05) is 9.79 Å². The predicted molar refractivity (Wildman–Crippen MR) is 108 cm³/mol. The summed E-state index contributed by atoms with van der Waals surface area (Å²) in [4.78, 5) is 13.9. The summed E-state index contributed by atoms with van der Waals surface area (Å²) in [5.74, 6) is -0.754. The monoisotopic (exact) mass is 388 g/mol. The van der Waals surface area contributed by atoms with Gasteiger partial charge in [0.25, 0.3) is 0 Å². The van der Waals surface area contributed by atoms with E-state index in [-0.39, 0.29) is 10.7 Å². The van der Waals surface area contributed by atoms with Gasteiger partial charge in [-0.05, 0) is 52.0 Å². The zero-order valence-electron chi connectivity index (χ0n) is 15.5. The van der Waals surface area contributed by atoms with E-state index in [2.05, 4.69) is 62.4 Å². The van der Waals surface area contributed by atoms with Crippen molar-refractivity contribution in [1.29, 1.82) is 0 Å². The molecule has 0 spiro atoms. The van der Waals surface area contributed by atoms with Crippen LogP contribution in [0.5, 0.6) is 0 Å². The molecule has 3 rings (SSSR count). The van der Waals surface area contributed by atoms with Crippen LogP contribution in [0.2, 0.25) is 0 Å². The minimum atomic E-state index is -0.754. The Bertz CT molecular complexity index is 693. The Kier molecular flexibility index (Phi) is 6.13. The van der Waals surface area contributed by atoms with Crippen molar-refractivity contribution in [2.45, 2.75) is 60.1 Å². The lowest BCUT2D eigenvalue weighted by atomic mass is 10.2. The van der Waals surface area contributed by atoms with E-state index in [1.165, 1.54) is 11.1 Å². The fourth-order valence-electron chi connectivity index (χ4n) is 2.79. The third-order valence-corrected chi connectivity index (χ3v) is 6.78. The third-order valence-electron chi connectivity index (χ3n) is 4.11. The van der Waals surface area contributed by atoms with Crippen LogP contribution in [0.1, 0.15) is 25.0 Å². The van der Waals surface area contributed by atoms with Gasteiger partial charge in [-0.15, -0.1) is 23.5 Å². The number of hydrogen-bond donors (Lipinski definition) is 0. The molecule has 0 aliphatic carbocycles. The standard InChI is InChI=1S/C21H24O3S2/c1-14-5-9-16(10-6-14)25-20(26-17-11-7-15(2)8-12-17)19-18(13-22)23-21(3,4)24-19/h5-13,18-20H,1-4H3/t18-,19+/m0/s1. The molecule has 26 heavy (non-hydrogen) atoms. The topological polar surface area (TPSA) is 35.5 Å². The summed E-state index contributed by atoms with van der Waals surface area (Å²) < 4.78 is 11.9. The average molecular weight is 389 g/mol. The number of carbonyl (C=O) groups is 1. The lowest BCUT2D eigenvalue weighted by Gasteiger charge is -2.24. The molecule has 0 unspecified atom stereocenters. The Morgan fingerprint density at radius 1 is 0.885 bits per heavy atom. The van der Waals surface area contributed by atoms with E-state index in [0.717, 1.165) is 16.1 Å². The average Bonchev–Trinajstić information content (AvgIpc) is 2.93. The summed E-state index contributed by atoms with van der Waals surface area (Å²) in [6.07, 6.45) is -0.0244. The highest BCUT2D eigenvalue weighted by atomic mass is 32.2. The lowest BCUT2D eigenvalue weighted by Crippen LogP contribution is -2.32. The summed E-state index contributed by atoms with van der Waals surface area (Å²) in [6.45, 7) is 7.86. The van der Waals surface area contributed by atoms with Crippen LogP contribution in [0.15, 0.2) is 58.3 Å². The molecule has 5 heteroatoms. The summed E-state index contributed by atoms with van der Waals surface area (Å²) >= 11 is 3.43. The van der Waals surface area contributed by atoms with Crippen LogP contribution >= 0.6 is 23.5 Å². The first kappa shape index (κ1) is 19.5. The number of hydrogen-bond acceptors (Lipinski definition) is 5. The molecule has 1 saturated heterocycles. The molecule has 3 nitrogen and oxygen atoms in total. The Morgan fingerprint density at radius 3 is 1.77 bits per heavy atom. The van der Waals surface area contributed by atoms with Gasteiger partial charge < -0.3 is 14.3 Å². The van der Waals surface area contributed by atoms with E-state index in [0.29, 0.717) is 0 Å². The van der Waals surface area contributed by atoms with Crippen LogP contribution in [0.3, 0.4) is 0 Å². The van der Waals surface area contributed by atoms with Crippen molar-refractivity contribution in [3.05, 3.63) is 59.7 Å². The Labute approximate surface area is 163 Å². The SMILES string of the molecule is Cc1ccc(SC(Sc2ccc(C)cc2)[C@@H]2OC(C)(C)O[C@H]2C=O)cc1. The highest BCUT2D eigenvalue weighted by Gasteiger charge is 2.45. The minimum Gasteiger partial charge on any atom is -0.342 e. The number of thioether (sulfide) groups is 2. The maximum Gasteiger partial charge on any atom is 0.164 e. The van der Waals surface area contributed by atoms with Crippen LogP contribution in [0, 0.1) is 13.8 Å². The van der Waals surface area contributed by atoms with Crippen molar-refractivity contribution in [2.75, 3.05) is 0 Å². The van der Waals surface area contributed by atoms with Gasteiger partial charge in [0.15, 0.2) is 12.1 Å². The number of benzene rings is 2. The molecule has 1 fully saturated rings. The number of aryl methyl sites for hydroxylation is 2. The molecule has 2 aromatic carbocycles. The summed E-state index contributed by atoms with van der Waals surface area (Å²) in [5.41, 5.74) is 2.45. The molecular weight excluding hydrogens is 364 g/mol. The third kappa shape index (κ3) is 4.92. The maximum atomic E-state index is 11.6. The first-order chi connectivity index (χ1) is 12.4. The van der Waals surface area contributed by atoms with E-state index in [4.69, 9.17) is 9.47 Å². The van der Waals surface area contributed by atoms with Crippen LogP contribution in [-0.4, -0.2) is 28.9 Å². The first-order valence-electron chi connectivity index (χ1n) is 8.64.